The highest BCUT2D eigenvalue weighted by Crippen LogP contribution is 2.27. The molecule has 12 N–H and O–H groups in total. The molecule has 0 aliphatic carbocycles. The summed E-state index contributed by atoms with van der Waals surface area (Å²) in [6, 6.07) is 16.7. The molecule has 0 aromatic heterocycles. The summed E-state index contributed by atoms with van der Waals surface area (Å²) < 4.78 is 34.1. The van der Waals surface area contributed by atoms with Gasteiger partial charge in [-0.1, -0.05) is 36.4 Å². The number of nitrogens with one attached hydrogen (secondary N) is 2. The summed E-state index contributed by atoms with van der Waals surface area (Å²) in [5.41, 5.74) is 26.4. The Morgan fingerprint density at radius 2 is 1.10 bits per heavy atom. The van der Waals surface area contributed by atoms with Gasteiger partial charge in [-0.25, -0.2) is 0 Å². The molecular formula is C26H42N8O6S. The highest BCUT2D eigenvalue weighted by Gasteiger charge is 2.20. The van der Waals surface area contributed by atoms with E-state index >= 15 is 0 Å². The molecule has 0 spiro atoms. The van der Waals surface area contributed by atoms with Crippen molar-refractivity contribution < 1.29 is 37.7 Å². The van der Waals surface area contributed by atoms with Gasteiger partial charge in [0.1, 0.15) is 12.2 Å². The number of aliphatic hydroxyl groups excluding tert-OH is 2. The van der Waals surface area contributed by atoms with Crippen LogP contribution in [0.25, 0.3) is 0 Å². The van der Waals surface area contributed by atoms with Crippen LogP contribution in [0, 0.1) is 0 Å². The van der Waals surface area contributed by atoms with Gasteiger partial charge in [-0.2, -0.15) is 0 Å². The van der Waals surface area contributed by atoms with E-state index in [9.17, 15) is 10.2 Å². The highest BCUT2D eigenvalue weighted by atomic mass is 32.3. The molecule has 0 bridgehead atoms. The van der Waals surface area contributed by atoms with Crippen LogP contribution >= 0.6 is 0 Å². The van der Waals surface area contributed by atoms with Gasteiger partial charge < -0.3 is 29.1 Å². The summed E-state index contributed by atoms with van der Waals surface area (Å²) in [5, 5.41) is 19.9. The molecule has 41 heavy (non-hydrogen) atoms. The summed E-state index contributed by atoms with van der Waals surface area (Å²) in [6.45, 7) is 3.91. The van der Waals surface area contributed by atoms with Gasteiger partial charge in [-0.05, 0) is 48.9 Å². The molecule has 2 aliphatic heterocycles. The van der Waals surface area contributed by atoms with Gasteiger partial charge in [0.05, 0.1) is 13.1 Å². The Kier molecular flexibility index (Phi) is 13.6. The van der Waals surface area contributed by atoms with Crippen molar-refractivity contribution >= 4 is 33.7 Å². The van der Waals surface area contributed by atoms with Crippen LogP contribution < -0.4 is 42.7 Å². The van der Waals surface area contributed by atoms with Crippen LogP contribution in [-0.4, -0.2) is 91.1 Å². The lowest BCUT2D eigenvalue weighted by Gasteiger charge is -2.32. The van der Waals surface area contributed by atoms with Crippen molar-refractivity contribution in [2.24, 2.45) is 22.9 Å². The number of hydrogen-bond acceptors (Lipinski definition) is 8. The first-order valence-corrected chi connectivity index (χ1v) is 14.6. The number of anilines is 2. The first-order valence-electron chi connectivity index (χ1n) is 13.3. The van der Waals surface area contributed by atoms with Crippen molar-refractivity contribution in [1.82, 2.24) is 0 Å². The summed E-state index contributed by atoms with van der Waals surface area (Å²) in [7, 11) is -5.17. The van der Waals surface area contributed by atoms with Crippen molar-refractivity contribution in [3.05, 3.63) is 59.7 Å². The maximum absolute atomic E-state index is 9.95. The number of benzene rings is 2. The van der Waals surface area contributed by atoms with Crippen molar-refractivity contribution in [2.75, 3.05) is 49.1 Å². The normalized spacial score (nSPS) is 15.4. The van der Waals surface area contributed by atoms with Gasteiger partial charge in [-0.15, -0.1) is 0 Å². The second-order valence-electron chi connectivity index (χ2n) is 9.74. The molecule has 2 unspecified atom stereocenters. The summed E-state index contributed by atoms with van der Waals surface area (Å²) in [6.07, 6.45) is 3.51. The van der Waals surface area contributed by atoms with Gasteiger partial charge in [0.2, 0.25) is 0 Å². The third-order valence-electron chi connectivity index (χ3n) is 6.36. The average Bonchev–Trinajstić information content (AvgIpc) is 2.91. The first-order chi connectivity index (χ1) is 19.3. The zero-order valence-electron chi connectivity index (χ0n) is 23.0. The first kappa shape index (κ1) is 33.6. The minimum absolute atomic E-state index is 0.146. The van der Waals surface area contributed by atoms with E-state index in [1.165, 1.54) is 22.5 Å². The molecule has 0 radical (unpaired) electrons. The lowest BCUT2D eigenvalue weighted by Crippen LogP contribution is -2.80. The van der Waals surface area contributed by atoms with Gasteiger partial charge in [0, 0.05) is 48.0 Å². The second kappa shape index (κ2) is 16.6. The fourth-order valence-electron chi connectivity index (χ4n) is 4.71. The van der Waals surface area contributed by atoms with E-state index in [0.717, 1.165) is 38.8 Å². The van der Waals surface area contributed by atoms with E-state index in [0.29, 0.717) is 26.2 Å². The van der Waals surface area contributed by atoms with E-state index in [1.807, 2.05) is 12.1 Å². The Labute approximate surface area is 240 Å². The van der Waals surface area contributed by atoms with Crippen molar-refractivity contribution in [1.29, 1.82) is 0 Å². The minimum Gasteiger partial charge on any atom is -0.759 e. The molecule has 2 heterocycles. The molecule has 2 aliphatic rings. The maximum Gasteiger partial charge on any atom is 0.338 e. The number of nitrogens with two attached hydrogens (primary N) is 4. The molecule has 2 aromatic carbocycles. The zero-order chi connectivity index (χ0) is 30.4. The third-order valence-corrected chi connectivity index (χ3v) is 6.36. The predicted octanol–water partition coefficient (Wildman–Crippen LogP) is -5.03. The molecule has 228 valence electrons. The van der Waals surface area contributed by atoms with E-state index in [-0.39, 0.29) is 11.9 Å². The second-order valence-corrected chi connectivity index (χ2v) is 10.6. The molecule has 14 nitrogen and oxygen atoms in total. The number of fused-ring (bicyclic) bond motifs is 2. The standard InChI is InChI=1S/2C13H20N4O.H2O4S/c2*14-13(15)16-8-11(18)9-17-7-3-5-10-4-1-2-6-12(10)17;1-5(2,3)4/h2*1-2,4,6,11,18H,3,5,7-9H2,(H4,14,15,16);(H2,1,2,3,4). The fraction of sp³-hybridized carbons (Fsp3) is 0.462. The molecule has 4 rings (SSSR count). The van der Waals surface area contributed by atoms with Gasteiger partial charge in [0.15, 0.2) is 0 Å². The fourth-order valence-corrected chi connectivity index (χ4v) is 4.71. The quantitative estimate of drug-likeness (QED) is 0.0618. The van der Waals surface area contributed by atoms with E-state index < -0.39 is 22.6 Å². The number of nitrogens with zero attached hydrogens (tertiary/aromatic N) is 2. The van der Waals surface area contributed by atoms with Crippen LogP contribution in [0.15, 0.2) is 48.5 Å². The van der Waals surface area contributed by atoms with Crippen molar-refractivity contribution in [2.45, 2.75) is 37.9 Å². The van der Waals surface area contributed by atoms with E-state index in [1.54, 1.807) is 0 Å². The minimum atomic E-state index is -5.17. The van der Waals surface area contributed by atoms with Crippen LogP contribution in [0.1, 0.15) is 24.0 Å². The highest BCUT2D eigenvalue weighted by molar-refractivity contribution is 7.79. The summed E-state index contributed by atoms with van der Waals surface area (Å²) in [4.78, 5) is 9.95. The van der Waals surface area contributed by atoms with Gasteiger partial charge >= 0.3 is 11.9 Å². The Hall–Kier alpha value is -3.63. The molecule has 0 fully saturated rings. The lowest BCUT2D eigenvalue weighted by atomic mass is 10.0. The largest absolute Gasteiger partial charge is 0.759 e. The molecule has 0 saturated heterocycles. The molecule has 0 amide bonds. The van der Waals surface area contributed by atoms with Crippen LogP contribution in [0.3, 0.4) is 0 Å². The zero-order valence-corrected chi connectivity index (χ0v) is 23.8. The Morgan fingerprint density at radius 1 is 0.756 bits per heavy atom. The molecule has 0 saturated carbocycles. The molecule has 2 aromatic rings. The van der Waals surface area contributed by atoms with Crippen molar-refractivity contribution in [3.8, 4) is 0 Å². The number of para-hydroxylation sites is 2. The summed E-state index contributed by atoms with van der Waals surface area (Å²) >= 11 is 0. The number of aryl methyl sites for hydroxylation is 2. The van der Waals surface area contributed by atoms with Crippen LogP contribution in [0.4, 0.5) is 11.4 Å². The average molecular weight is 595 g/mol. The number of aliphatic hydroxyl groups is 2. The van der Waals surface area contributed by atoms with Crippen molar-refractivity contribution in [3.63, 3.8) is 0 Å². The maximum atomic E-state index is 9.95. The Bertz CT molecular complexity index is 1160. The number of hydrogen-bond donors (Lipinski definition) is 8. The van der Waals surface area contributed by atoms with Gasteiger partial charge in [0.25, 0.3) is 0 Å². The molecule has 15 heteroatoms. The van der Waals surface area contributed by atoms with Gasteiger partial charge in [-0.3, -0.25) is 41.3 Å². The Morgan fingerprint density at radius 3 is 1.44 bits per heavy atom. The van der Waals surface area contributed by atoms with Crippen LogP contribution in [0.2, 0.25) is 0 Å². The predicted molar refractivity (Wildman–Crippen MR) is 155 cm³/mol. The molecular weight excluding hydrogens is 552 g/mol. The number of guanidine groups is 2. The third kappa shape index (κ3) is 13.5. The summed E-state index contributed by atoms with van der Waals surface area (Å²) in [5.74, 6) is 0.293. The van der Waals surface area contributed by atoms with E-state index in [4.69, 9.17) is 40.5 Å². The molecule has 2 atom stereocenters. The van der Waals surface area contributed by atoms with Crippen LogP contribution in [0.5, 0.6) is 0 Å². The number of rotatable bonds is 8. The number of β-amino-alcohol motifs (C(OH)–C–C–N with tert-alkyl or cyclic N) is 2. The Balaban J connectivity index is 0.000000247. The lowest BCUT2D eigenvalue weighted by molar-refractivity contribution is -0.470. The van der Waals surface area contributed by atoms with Crippen LogP contribution in [-0.2, 0) is 23.2 Å². The topological polar surface area (TPSA) is 259 Å². The monoisotopic (exact) mass is 594 g/mol. The SMILES string of the molecule is NC(N)=[NH+]CC(O)CN1CCCc2ccccc21.NC(N)=[NH+]CC(O)CN1CCCc2ccccc21.O=S(=O)([O-])[O-]. The smallest absolute Gasteiger partial charge is 0.338 e. The van der Waals surface area contributed by atoms with E-state index in [2.05, 4.69) is 56.2 Å².